The first-order valence-corrected chi connectivity index (χ1v) is 10.5. The Kier molecular flexibility index (Phi) is 5.84. The van der Waals surface area contributed by atoms with Gasteiger partial charge in [0.1, 0.15) is 17.1 Å². The zero-order chi connectivity index (χ0) is 22.0. The number of rotatable bonds is 5. The van der Waals surface area contributed by atoms with E-state index in [0.29, 0.717) is 43.9 Å². The monoisotopic (exact) mass is 421 g/mol. The van der Waals surface area contributed by atoms with Crippen LogP contribution in [0.4, 0.5) is 5.69 Å². The number of benzene rings is 2. The standard InChI is InChI=1S/C24H27N3O4/c1-4-31-19-9-10-22-20(15-19)23(28)21(16-25(22)2)24(29)27-13-11-26(12-14-27)17-5-7-18(30-3)8-6-17/h5-10,15-16H,4,11-14H2,1-3H3. The molecule has 0 radical (unpaired) electrons. The lowest BCUT2D eigenvalue weighted by molar-refractivity contribution is 0.0745. The number of nitrogens with zero attached hydrogens (tertiary/aromatic N) is 3. The second-order valence-corrected chi connectivity index (χ2v) is 7.57. The van der Waals surface area contributed by atoms with Gasteiger partial charge in [0.15, 0.2) is 0 Å². The van der Waals surface area contributed by atoms with Crippen LogP contribution in [0.25, 0.3) is 10.9 Å². The summed E-state index contributed by atoms with van der Waals surface area (Å²) in [5.74, 6) is 1.22. The lowest BCUT2D eigenvalue weighted by Crippen LogP contribution is -2.49. The van der Waals surface area contributed by atoms with Gasteiger partial charge in [-0.3, -0.25) is 9.59 Å². The molecule has 1 amide bonds. The Balaban J connectivity index is 1.54. The average Bonchev–Trinajstić information content (AvgIpc) is 2.81. The van der Waals surface area contributed by atoms with Crippen LogP contribution in [0.3, 0.4) is 0 Å². The summed E-state index contributed by atoms with van der Waals surface area (Å²) in [6, 6.07) is 13.3. The summed E-state index contributed by atoms with van der Waals surface area (Å²) in [5, 5.41) is 0.496. The minimum absolute atomic E-state index is 0.196. The van der Waals surface area contributed by atoms with Crippen molar-refractivity contribution in [2.24, 2.45) is 7.05 Å². The van der Waals surface area contributed by atoms with Crippen molar-refractivity contribution in [1.82, 2.24) is 9.47 Å². The first kappa shape index (κ1) is 20.8. The Morgan fingerprint density at radius 3 is 2.32 bits per heavy atom. The molecular formula is C24H27N3O4. The number of hydrogen-bond acceptors (Lipinski definition) is 5. The third kappa shape index (κ3) is 4.08. The van der Waals surface area contributed by atoms with Crippen LogP contribution in [0.2, 0.25) is 0 Å². The summed E-state index contributed by atoms with van der Waals surface area (Å²) in [7, 11) is 3.49. The second kappa shape index (κ2) is 8.71. The van der Waals surface area contributed by atoms with Gasteiger partial charge >= 0.3 is 0 Å². The minimum atomic E-state index is -0.253. The highest BCUT2D eigenvalue weighted by molar-refractivity contribution is 5.97. The quantitative estimate of drug-likeness (QED) is 0.634. The van der Waals surface area contributed by atoms with Crippen LogP contribution >= 0.6 is 0 Å². The predicted octanol–water partition coefficient (Wildman–Crippen LogP) is 2.91. The van der Waals surface area contributed by atoms with Crippen molar-refractivity contribution in [1.29, 1.82) is 0 Å². The largest absolute Gasteiger partial charge is 0.497 e. The molecule has 0 atom stereocenters. The molecule has 0 unspecified atom stereocenters. The van der Waals surface area contributed by atoms with Gasteiger partial charge in [0.05, 0.1) is 24.6 Å². The Morgan fingerprint density at radius 2 is 1.68 bits per heavy atom. The van der Waals surface area contributed by atoms with Crippen molar-refractivity contribution in [2.45, 2.75) is 6.92 Å². The Morgan fingerprint density at radius 1 is 1.00 bits per heavy atom. The summed E-state index contributed by atoms with van der Waals surface area (Å²) < 4.78 is 12.6. The first-order chi connectivity index (χ1) is 15.0. The number of amides is 1. The molecule has 162 valence electrons. The molecule has 31 heavy (non-hydrogen) atoms. The molecule has 2 heterocycles. The highest BCUT2D eigenvalue weighted by atomic mass is 16.5. The number of methoxy groups -OCH3 is 1. The smallest absolute Gasteiger partial charge is 0.259 e. The van der Waals surface area contributed by atoms with Gasteiger partial charge in [-0.15, -0.1) is 0 Å². The van der Waals surface area contributed by atoms with E-state index in [1.165, 1.54) is 0 Å². The van der Waals surface area contributed by atoms with Gasteiger partial charge in [0.2, 0.25) is 5.43 Å². The van der Waals surface area contributed by atoms with Crippen LogP contribution in [-0.2, 0) is 7.05 Å². The van der Waals surface area contributed by atoms with E-state index in [-0.39, 0.29) is 16.9 Å². The number of carbonyl (C=O) groups excluding carboxylic acids is 1. The van der Waals surface area contributed by atoms with Gasteiger partial charge in [-0.25, -0.2) is 0 Å². The van der Waals surface area contributed by atoms with Crippen LogP contribution < -0.4 is 19.8 Å². The lowest BCUT2D eigenvalue weighted by atomic mass is 10.1. The number of aryl methyl sites for hydroxylation is 1. The molecule has 7 nitrogen and oxygen atoms in total. The molecule has 0 spiro atoms. The predicted molar refractivity (Wildman–Crippen MR) is 121 cm³/mol. The van der Waals surface area contributed by atoms with E-state index in [4.69, 9.17) is 9.47 Å². The number of carbonyl (C=O) groups is 1. The molecule has 4 rings (SSSR count). The number of fused-ring (bicyclic) bond motifs is 1. The van der Waals surface area contributed by atoms with Gasteiger partial charge in [0, 0.05) is 45.1 Å². The van der Waals surface area contributed by atoms with Crippen LogP contribution in [-0.4, -0.2) is 55.3 Å². The molecule has 1 aromatic heterocycles. The topological polar surface area (TPSA) is 64.0 Å². The van der Waals surface area contributed by atoms with Crippen molar-refractivity contribution in [3.8, 4) is 11.5 Å². The van der Waals surface area contributed by atoms with Gasteiger partial charge in [-0.05, 0) is 49.4 Å². The normalized spacial score (nSPS) is 14.0. The molecular weight excluding hydrogens is 394 g/mol. The SMILES string of the molecule is CCOc1ccc2c(c1)c(=O)c(C(=O)N1CCN(c3ccc(OC)cc3)CC1)cn2C. The summed E-state index contributed by atoms with van der Waals surface area (Å²) in [5.41, 5.74) is 1.81. The molecule has 1 aliphatic heterocycles. The molecule has 1 fully saturated rings. The van der Waals surface area contributed by atoms with E-state index in [1.54, 1.807) is 24.3 Å². The van der Waals surface area contributed by atoms with Crippen molar-refractivity contribution in [2.75, 3.05) is 44.8 Å². The van der Waals surface area contributed by atoms with Crippen molar-refractivity contribution in [3.05, 3.63) is 64.4 Å². The molecule has 3 aromatic rings. The second-order valence-electron chi connectivity index (χ2n) is 7.57. The lowest BCUT2D eigenvalue weighted by Gasteiger charge is -2.36. The number of anilines is 1. The van der Waals surface area contributed by atoms with E-state index in [9.17, 15) is 9.59 Å². The summed E-state index contributed by atoms with van der Waals surface area (Å²) in [6.07, 6.45) is 1.64. The number of aromatic nitrogens is 1. The number of ether oxygens (including phenoxy) is 2. The third-order valence-corrected chi connectivity index (χ3v) is 5.71. The highest BCUT2D eigenvalue weighted by Gasteiger charge is 2.25. The first-order valence-electron chi connectivity index (χ1n) is 10.5. The van der Waals surface area contributed by atoms with Gasteiger partial charge in [0.25, 0.3) is 5.91 Å². The molecule has 0 aliphatic carbocycles. The highest BCUT2D eigenvalue weighted by Crippen LogP contribution is 2.22. The van der Waals surface area contributed by atoms with Gasteiger partial charge in [-0.1, -0.05) is 0 Å². The van der Waals surface area contributed by atoms with E-state index >= 15 is 0 Å². The Labute approximate surface area is 181 Å². The van der Waals surface area contributed by atoms with E-state index in [2.05, 4.69) is 4.90 Å². The molecule has 0 bridgehead atoms. The summed E-state index contributed by atoms with van der Waals surface area (Å²) in [6.45, 7) is 4.95. The van der Waals surface area contributed by atoms with Crippen LogP contribution in [0.15, 0.2) is 53.5 Å². The molecule has 0 saturated carbocycles. The third-order valence-electron chi connectivity index (χ3n) is 5.71. The summed E-state index contributed by atoms with van der Waals surface area (Å²) in [4.78, 5) is 30.3. The van der Waals surface area contributed by atoms with Crippen molar-refractivity contribution < 1.29 is 14.3 Å². The number of pyridine rings is 1. The van der Waals surface area contributed by atoms with Crippen LogP contribution in [0, 0.1) is 0 Å². The maximum Gasteiger partial charge on any atom is 0.259 e. The molecule has 1 aliphatic rings. The molecule has 1 saturated heterocycles. The van der Waals surface area contributed by atoms with E-state index in [1.807, 2.05) is 54.9 Å². The van der Waals surface area contributed by atoms with Crippen LogP contribution in [0.5, 0.6) is 11.5 Å². The van der Waals surface area contributed by atoms with E-state index < -0.39 is 0 Å². The van der Waals surface area contributed by atoms with Crippen molar-refractivity contribution in [3.63, 3.8) is 0 Å². The maximum absolute atomic E-state index is 13.2. The van der Waals surface area contributed by atoms with Gasteiger partial charge < -0.3 is 23.8 Å². The van der Waals surface area contributed by atoms with Crippen LogP contribution in [0.1, 0.15) is 17.3 Å². The Hall–Kier alpha value is -3.48. The fraction of sp³-hybridized carbons (Fsp3) is 0.333. The zero-order valence-electron chi connectivity index (χ0n) is 18.1. The number of hydrogen-bond donors (Lipinski definition) is 0. The molecule has 7 heteroatoms. The zero-order valence-corrected chi connectivity index (χ0v) is 18.1. The Bertz CT molecular complexity index is 1150. The fourth-order valence-electron chi connectivity index (χ4n) is 4.01. The minimum Gasteiger partial charge on any atom is -0.497 e. The number of piperazine rings is 1. The van der Waals surface area contributed by atoms with E-state index in [0.717, 1.165) is 17.0 Å². The average molecular weight is 421 g/mol. The maximum atomic E-state index is 13.2. The van der Waals surface area contributed by atoms with Crippen molar-refractivity contribution >= 4 is 22.5 Å². The summed E-state index contributed by atoms with van der Waals surface area (Å²) >= 11 is 0. The molecule has 0 N–H and O–H groups in total. The fourth-order valence-corrected chi connectivity index (χ4v) is 4.01. The molecule has 2 aromatic carbocycles. The van der Waals surface area contributed by atoms with Gasteiger partial charge in [-0.2, -0.15) is 0 Å².